The average molecular weight is 219 g/mol. The van der Waals surface area contributed by atoms with Crippen molar-refractivity contribution < 1.29 is 10.2 Å². The number of aryl methyl sites for hydroxylation is 1. The SMILES string of the molecule is Cc1cc(O)c(O)c2c1C1CNCC1CC2. The van der Waals surface area contributed by atoms with Crippen LogP contribution in [-0.2, 0) is 6.42 Å². The third kappa shape index (κ3) is 1.24. The molecular formula is C13H17NO2. The average Bonchev–Trinajstić information content (AvgIpc) is 2.72. The van der Waals surface area contributed by atoms with Crippen LogP contribution in [0.15, 0.2) is 6.07 Å². The number of phenolic OH excluding ortho intramolecular Hbond substituents is 2. The van der Waals surface area contributed by atoms with Crippen LogP contribution in [0.4, 0.5) is 0 Å². The van der Waals surface area contributed by atoms with Crippen LogP contribution in [-0.4, -0.2) is 23.3 Å². The van der Waals surface area contributed by atoms with Gasteiger partial charge in [0.2, 0.25) is 0 Å². The van der Waals surface area contributed by atoms with Crippen LogP contribution in [0.2, 0.25) is 0 Å². The van der Waals surface area contributed by atoms with Crippen LogP contribution in [0.1, 0.15) is 29.0 Å². The van der Waals surface area contributed by atoms with Crippen LogP contribution in [0.25, 0.3) is 0 Å². The summed E-state index contributed by atoms with van der Waals surface area (Å²) < 4.78 is 0. The Balaban J connectivity index is 2.18. The highest BCUT2D eigenvalue weighted by Gasteiger charge is 2.36. The van der Waals surface area contributed by atoms with Crippen molar-refractivity contribution in [2.24, 2.45) is 5.92 Å². The topological polar surface area (TPSA) is 52.5 Å². The molecule has 0 radical (unpaired) electrons. The number of hydrogen-bond donors (Lipinski definition) is 3. The molecule has 3 heteroatoms. The molecule has 1 aromatic rings. The molecule has 0 saturated carbocycles. The van der Waals surface area contributed by atoms with E-state index in [0.717, 1.165) is 37.1 Å². The van der Waals surface area contributed by atoms with E-state index in [1.165, 1.54) is 5.56 Å². The van der Waals surface area contributed by atoms with Gasteiger partial charge in [-0.1, -0.05) is 0 Å². The first-order valence-corrected chi connectivity index (χ1v) is 5.93. The molecule has 2 atom stereocenters. The molecule has 3 rings (SSSR count). The van der Waals surface area contributed by atoms with Gasteiger partial charge in [0.05, 0.1) is 0 Å². The molecule has 0 amide bonds. The third-order valence-electron chi connectivity index (χ3n) is 4.11. The van der Waals surface area contributed by atoms with Gasteiger partial charge >= 0.3 is 0 Å². The Labute approximate surface area is 95.1 Å². The quantitative estimate of drug-likeness (QED) is 0.582. The Morgan fingerprint density at radius 2 is 2.12 bits per heavy atom. The molecule has 1 heterocycles. The van der Waals surface area contributed by atoms with E-state index >= 15 is 0 Å². The van der Waals surface area contributed by atoms with Crippen molar-refractivity contribution in [2.75, 3.05) is 13.1 Å². The molecule has 86 valence electrons. The molecule has 0 aromatic heterocycles. The van der Waals surface area contributed by atoms with E-state index in [9.17, 15) is 10.2 Å². The molecule has 16 heavy (non-hydrogen) atoms. The molecule has 1 aliphatic carbocycles. The largest absolute Gasteiger partial charge is 0.504 e. The smallest absolute Gasteiger partial charge is 0.160 e. The third-order valence-corrected chi connectivity index (χ3v) is 4.11. The van der Waals surface area contributed by atoms with Crippen LogP contribution >= 0.6 is 0 Å². The Kier molecular flexibility index (Phi) is 2.11. The zero-order valence-electron chi connectivity index (χ0n) is 9.45. The molecule has 0 bridgehead atoms. The molecule has 2 unspecified atom stereocenters. The summed E-state index contributed by atoms with van der Waals surface area (Å²) in [6.45, 7) is 4.12. The van der Waals surface area contributed by atoms with Crippen LogP contribution in [0, 0.1) is 12.8 Å². The van der Waals surface area contributed by atoms with E-state index in [-0.39, 0.29) is 11.5 Å². The van der Waals surface area contributed by atoms with Gasteiger partial charge < -0.3 is 15.5 Å². The Hall–Kier alpha value is -1.22. The van der Waals surface area contributed by atoms with Crippen molar-refractivity contribution in [2.45, 2.75) is 25.7 Å². The van der Waals surface area contributed by atoms with Crippen molar-refractivity contribution in [3.05, 3.63) is 22.8 Å². The second-order valence-electron chi connectivity index (χ2n) is 5.02. The lowest BCUT2D eigenvalue weighted by molar-refractivity contribution is 0.382. The van der Waals surface area contributed by atoms with Gasteiger partial charge in [0, 0.05) is 18.0 Å². The minimum atomic E-state index is 0.0284. The highest BCUT2D eigenvalue weighted by atomic mass is 16.3. The number of aromatic hydroxyl groups is 2. The summed E-state index contributed by atoms with van der Waals surface area (Å²) in [6.07, 6.45) is 2.00. The number of fused-ring (bicyclic) bond motifs is 3. The lowest BCUT2D eigenvalue weighted by atomic mass is 9.75. The molecule has 3 N–H and O–H groups in total. The predicted molar refractivity (Wildman–Crippen MR) is 61.9 cm³/mol. The molecule has 3 nitrogen and oxygen atoms in total. The van der Waals surface area contributed by atoms with Crippen molar-refractivity contribution in [1.29, 1.82) is 0 Å². The second-order valence-corrected chi connectivity index (χ2v) is 5.02. The van der Waals surface area contributed by atoms with Gasteiger partial charge in [-0.25, -0.2) is 0 Å². The minimum absolute atomic E-state index is 0.0284. The number of benzene rings is 1. The zero-order valence-corrected chi connectivity index (χ0v) is 9.45. The molecule has 0 spiro atoms. The molecule has 1 saturated heterocycles. The van der Waals surface area contributed by atoms with Gasteiger partial charge in [-0.05, 0) is 49.4 Å². The summed E-state index contributed by atoms with van der Waals surface area (Å²) in [5.41, 5.74) is 3.36. The molecular weight excluding hydrogens is 202 g/mol. The maximum absolute atomic E-state index is 9.92. The van der Waals surface area contributed by atoms with Gasteiger partial charge in [0.1, 0.15) is 0 Å². The van der Waals surface area contributed by atoms with Gasteiger partial charge in [0.15, 0.2) is 11.5 Å². The molecule has 1 aromatic carbocycles. The lowest BCUT2D eigenvalue weighted by Gasteiger charge is -2.29. The maximum Gasteiger partial charge on any atom is 0.160 e. The molecule has 1 aliphatic heterocycles. The Morgan fingerprint density at radius 1 is 1.31 bits per heavy atom. The summed E-state index contributed by atoms with van der Waals surface area (Å²) in [5, 5.41) is 23.0. The fourth-order valence-corrected chi connectivity index (χ4v) is 3.34. The highest BCUT2D eigenvalue weighted by Crippen LogP contribution is 2.46. The first-order valence-electron chi connectivity index (χ1n) is 5.93. The standard InChI is InChI=1S/C13H17NO2/c1-7-4-11(15)13(16)9-3-2-8-5-14-6-10(8)12(7)9/h4,8,10,14-16H,2-3,5-6H2,1H3. The summed E-state index contributed by atoms with van der Waals surface area (Å²) in [6, 6.07) is 1.69. The number of nitrogens with one attached hydrogen (secondary N) is 1. The minimum Gasteiger partial charge on any atom is -0.504 e. The number of rotatable bonds is 0. The first-order chi connectivity index (χ1) is 7.68. The summed E-state index contributed by atoms with van der Waals surface area (Å²) >= 11 is 0. The summed E-state index contributed by atoms with van der Waals surface area (Å²) in [5.74, 6) is 1.36. The fraction of sp³-hybridized carbons (Fsp3) is 0.538. The van der Waals surface area contributed by atoms with Gasteiger partial charge in [0.25, 0.3) is 0 Å². The Morgan fingerprint density at radius 3 is 2.94 bits per heavy atom. The van der Waals surface area contributed by atoms with Gasteiger partial charge in [-0.2, -0.15) is 0 Å². The fourth-order valence-electron chi connectivity index (χ4n) is 3.34. The van der Waals surface area contributed by atoms with Crippen LogP contribution < -0.4 is 5.32 Å². The number of hydrogen-bond acceptors (Lipinski definition) is 3. The lowest BCUT2D eigenvalue weighted by Crippen LogP contribution is -2.20. The maximum atomic E-state index is 9.92. The van der Waals surface area contributed by atoms with E-state index in [1.54, 1.807) is 6.07 Å². The summed E-state index contributed by atoms with van der Waals surface area (Å²) in [4.78, 5) is 0. The summed E-state index contributed by atoms with van der Waals surface area (Å²) in [7, 11) is 0. The predicted octanol–water partition coefficient (Wildman–Crippen LogP) is 1.66. The van der Waals surface area contributed by atoms with Crippen molar-refractivity contribution in [1.82, 2.24) is 5.32 Å². The van der Waals surface area contributed by atoms with Crippen LogP contribution in [0.5, 0.6) is 11.5 Å². The first kappa shape index (κ1) is 9.97. The van der Waals surface area contributed by atoms with Gasteiger partial charge in [-0.15, -0.1) is 0 Å². The van der Waals surface area contributed by atoms with Gasteiger partial charge in [-0.3, -0.25) is 0 Å². The normalized spacial score (nSPS) is 27.6. The van der Waals surface area contributed by atoms with Crippen molar-refractivity contribution in [3.63, 3.8) is 0 Å². The van der Waals surface area contributed by atoms with E-state index < -0.39 is 0 Å². The van der Waals surface area contributed by atoms with E-state index in [1.807, 2.05) is 6.92 Å². The Bertz CT molecular complexity index is 442. The number of phenols is 2. The van der Waals surface area contributed by atoms with Crippen LogP contribution in [0.3, 0.4) is 0 Å². The zero-order chi connectivity index (χ0) is 11.3. The van der Waals surface area contributed by atoms with Crippen molar-refractivity contribution in [3.8, 4) is 11.5 Å². The monoisotopic (exact) mass is 219 g/mol. The van der Waals surface area contributed by atoms with E-state index in [4.69, 9.17) is 0 Å². The highest BCUT2D eigenvalue weighted by molar-refractivity contribution is 5.55. The molecule has 2 aliphatic rings. The van der Waals surface area contributed by atoms with E-state index in [0.29, 0.717) is 11.8 Å². The molecule has 1 fully saturated rings. The second kappa shape index (κ2) is 3.39. The van der Waals surface area contributed by atoms with Crippen molar-refractivity contribution >= 4 is 0 Å². The van der Waals surface area contributed by atoms with E-state index in [2.05, 4.69) is 5.32 Å².